The summed E-state index contributed by atoms with van der Waals surface area (Å²) < 4.78 is 5.64. The molecule has 1 aliphatic heterocycles. The molecule has 5 heteroatoms. The maximum absolute atomic E-state index is 5.64. The third-order valence-corrected chi connectivity index (χ3v) is 3.69. The van der Waals surface area contributed by atoms with Crippen molar-refractivity contribution in [1.29, 1.82) is 0 Å². The van der Waals surface area contributed by atoms with Gasteiger partial charge in [-0.05, 0) is 38.0 Å². The number of hydrogen-bond donors (Lipinski definition) is 1. The van der Waals surface area contributed by atoms with Crippen LogP contribution < -0.4 is 10.1 Å². The second-order valence-corrected chi connectivity index (χ2v) is 5.47. The predicted octanol–water partition coefficient (Wildman–Crippen LogP) is 3.84. The van der Waals surface area contributed by atoms with Crippen molar-refractivity contribution in [3.05, 3.63) is 42.0 Å². The highest BCUT2D eigenvalue weighted by molar-refractivity contribution is 5.85. The van der Waals surface area contributed by atoms with E-state index in [9.17, 15) is 0 Å². The lowest BCUT2D eigenvalue weighted by molar-refractivity contribution is 0.172. The minimum absolute atomic E-state index is 0. The summed E-state index contributed by atoms with van der Waals surface area (Å²) in [6.07, 6.45) is 1.01. The summed E-state index contributed by atoms with van der Waals surface area (Å²) in [7, 11) is 0. The van der Waals surface area contributed by atoms with Crippen molar-refractivity contribution < 1.29 is 4.74 Å². The fraction of sp³-hybridized carbons (Fsp3) is 0.529. The van der Waals surface area contributed by atoms with Gasteiger partial charge in [0.05, 0.1) is 6.61 Å². The van der Waals surface area contributed by atoms with E-state index in [1.54, 1.807) is 0 Å². The van der Waals surface area contributed by atoms with Gasteiger partial charge in [-0.3, -0.25) is 4.90 Å². The Kier molecular flexibility index (Phi) is 10.5. The molecule has 22 heavy (non-hydrogen) atoms. The first kappa shape index (κ1) is 21.3. The molecule has 126 valence electrons. The van der Waals surface area contributed by atoms with Gasteiger partial charge in [-0.15, -0.1) is 31.4 Å². The zero-order valence-corrected chi connectivity index (χ0v) is 15.1. The van der Waals surface area contributed by atoms with Crippen molar-refractivity contribution in [2.24, 2.45) is 0 Å². The Hall–Kier alpha value is -0.740. The molecular formula is C17H28Cl2N2O. The highest BCUT2D eigenvalue weighted by Crippen LogP contribution is 2.29. The van der Waals surface area contributed by atoms with E-state index in [0.29, 0.717) is 12.6 Å². The van der Waals surface area contributed by atoms with Crippen LogP contribution in [-0.4, -0.2) is 37.7 Å². The summed E-state index contributed by atoms with van der Waals surface area (Å²) in [6, 6.07) is 8.92. The summed E-state index contributed by atoms with van der Waals surface area (Å²) in [4.78, 5) is 2.55. The van der Waals surface area contributed by atoms with Gasteiger partial charge >= 0.3 is 0 Å². The second-order valence-electron chi connectivity index (χ2n) is 5.47. The van der Waals surface area contributed by atoms with Gasteiger partial charge in [-0.1, -0.05) is 17.7 Å². The molecule has 0 radical (unpaired) electrons. The number of nitrogens with zero attached hydrogens (tertiary/aromatic N) is 1. The molecule has 0 saturated carbocycles. The Morgan fingerprint density at radius 2 is 2.00 bits per heavy atom. The van der Waals surface area contributed by atoms with E-state index in [4.69, 9.17) is 4.74 Å². The Morgan fingerprint density at radius 1 is 1.32 bits per heavy atom. The van der Waals surface area contributed by atoms with E-state index in [1.807, 2.05) is 13.0 Å². The van der Waals surface area contributed by atoms with Crippen molar-refractivity contribution in [2.75, 3.05) is 32.8 Å². The average molecular weight is 347 g/mol. The van der Waals surface area contributed by atoms with Crippen LogP contribution in [0.1, 0.15) is 31.9 Å². The molecule has 0 spiro atoms. The maximum atomic E-state index is 5.64. The zero-order chi connectivity index (χ0) is 14.4. The van der Waals surface area contributed by atoms with E-state index in [1.165, 1.54) is 11.1 Å². The van der Waals surface area contributed by atoms with Gasteiger partial charge in [0.1, 0.15) is 5.75 Å². The molecule has 2 rings (SSSR count). The normalized spacial score (nSPS) is 16.1. The Balaban J connectivity index is 0.00000220. The standard InChI is InChI=1S/C17H26N2O.2ClH/c1-4-20-16-7-5-6-15(13-16)17(12-14(2)3)19-10-8-18-9-11-19;;/h5-7,13,17-18H,2,4,8-12H2,1,3H3;2*1H/t17-;;/m1../s1. The minimum atomic E-state index is 0. The fourth-order valence-corrected chi connectivity index (χ4v) is 2.76. The maximum Gasteiger partial charge on any atom is 0.119 e. The minimum Gasteiger partial charge on any atom is -0.494 e. The molecule has 1 N–H and O–H groups in total. The van der Waals surface area contributed by atoms with Crippen LogP contribution in [0.25, 0.3) is 0 Å². The number of piperazine rings is 1. The lowest BCUT2D eigenvalue weighted by Gasteiger charge is -2.35. The van der Waals surface area contributed by atoms with E-state index in [0.717, 1.165) is 38.3 Å². The number of halogens is 2. The predicted molar refractivity (Wildman–Crippen MR) is 98.7 cm³/mol. The van der Waals surface area contributed by atoms with Gasteiger partial charge in [-0.25, -0.2) is 0 Å². The van der Waals surface area contributed by atoms with E-state index < -0.39 is 0 Å². The first-order chi connectivity index (χ1) is 9.70. The molecule has 0 unspecified atom stereocenters. The lowest BCUT2D eigenvalue weighted by atomic mass is 9.98. The molecular weight excluding hydrogens is 319 g/mol. The summed E-state index contributed by atoms with van der Waals surface area (Å²) in [5.74, 6) is 0.965. The largest absolute Gasteiger partial charge is 0.494 e. The monoisotopic (exact) mass is 346 g/mol. The SMILES string of the molecule is C=C(C)C[C@H](c1cccc(OCC)c1)N1CCNCC1.Cl.Cl. The van der Waals surface area contributed by atoms with Gasteiger partial charge in [0.2, 0.25) is 0 Å². The molecule has 1 fully saturated rings. The molecule has 1 heterocycles. The third kappa shape index (κ3) is 6.17. The lowest BCUT2D eigenvalue weighted by Crippen LogP contribution is -2.45. The first-order valence-electron chi connectivity index (χ1n) is 7.52. The van der Waals surface area contributed by atoms with Crippen LogP contribution in [0, 0.1) is 0 Å². The topological polar surface area (TPSA) is 24.5 Å². The number of hydrogen-bond acceptors (Lipinski definition) is 3. The smallest absolute Gasteiger partial charge is 0.119 e. The fourth-order valence-electron chi connectivity index (χ4n) is 2.76. The van der Waals surface area contributed by atoms with E-state index >= 15 is 0 Å². The summed E-state index contributed by atoms with van der Waals surface area (Å²) in [5, 5.41) is 3.42. The summed E-state index contributed by atoms with van der Waals surface area (Å²) in [5.41, 5.74) is 2.57. The molecule has 0 aromatic heterocycles. The van der Waals surface area contributed by atoms with Crippen molar-refractivity contribution in [1.82, 2.24) is 10.2 Å². The molecule has 1 atom stereocenters. The third-order valence-electron chi connectivity index (χ3n) is 3.69. The van der Waals surface area contributed by atoms with Crippen LogP contribution in [0.2, 0.25) is 0 Å². The Labute approximate surface area is 146 Å². The highest BCUT2D eigenvalue weighted by atomic mass is 35.5. The summed E-state index contributed by atoms with van der Waals surface area (Å²) >= 11 is 0. The van der Waals surface area contributed by atoms with E-state index in [2.05, 4.69) is 41.9 Å². The Bertz CT molecular complexity index is 448. The number of benzene rings is 1. The van der Waals surface area contributed by atoms with Crippen LogP contribution in [0.4, 0.5) is 0 Å². The molecule has 1 aromatic carbocycles. The summed E-state index contributed by atoms with van der Waals surface area (Å²) in [6.45, 7) is 13.3. The van der Waals surface area contributed by atoms with E-state index in [-0.39, 0.29) is 24.8 Å². The van der Waals surface area contributed by atoms with Crippen molar-refractivity contribution >= 4 is 24.8 Å². The van der Waals surface area contributed by atoms with Gasteiger partial charge in [0, 0.05) is 32.2 Å². The Morgan fingerprint density at radius 3 is 2.59 bits per heavy atom. The van der Waals surface area contributed by atoms with Gasteiger partial charge < -0.3 is 10.1 Å². The quantitative estimate of drug-likeness (QED) is 0.792. The molecule has 1 aliphatic rings. The van der Waals surface area contributed by atoms with Crippen LogP contribution in [-0.2, 0) is 0 Å². The van der Waals surface area contributed by atoms with Gasteiger partial charge in [0.15, 0.2) is 0 Å². The first-order valence-corrected chi connectivity index (χ1v) is 7.52. The molecule has 1 aromatic rings. The van der Waals surface area contributed by atoms with Crippen LogP contribution in [0.3, 0.4) is 0 Å². The van der Waals surface area contributed by atoms with Crippen molar-refractivity contribution in [3.63, 3.8) is 0 Å². The van der Waals surface area contributed by atoms with Crippen molar-refractivity contribution in [2.45, 2.75) is 26.3 Å². The van der Waals surface area contributed by atoms with Crippen LogP contribution in [0.5, 0.6) is 5.75 Å². The molecule has 3 nitrogen and oxygen atoms in total. The number of ether oxygens (including phenoxy) is 1. The number of nitrogens with one attached hydrogen (secondary N) is 1. The van der Waals surface area contributed by atoms with Gasteiger partial charge in [0.25, 0.3) is 0 Å². The molecule has 1 saturated heterocycles. The van der Waals surface area contributed by atoms with Crippen LogP contribution >= 0.6 is 24.8 Å². The molecule has 0 amide bonds. The zero-order valence-electron chi connectivity index (χ0n) is 13.5. The highest BCUT2D eigenvalue weighted by Gasteiger charge is 2.22. The van der Waals surface area contributed by atoms with Gasteiger partial charge in [-0.2, -0.15) is 0 Å². The molecule has 0 aliphatic carbocycles. The average Bonchev–Trinajstić information content (AvgIpc) is 2.46. The number of rotatable bonds is 6. The van der Waals surface area contributed by atoms with Crippen LogP contribution in [0.15, 0.2) is 36.4 Å². The second kappa shape index (κ2) is 10.9. The van der Waals surface area contributed by atoms with Crippen molar-refractivity contribution in [3.8, 4) is 5.75 Å². The molecule has 0 bridgehead atoms.